The van der Waals surface area contributed by atoms with Crippen LogP contribution in [-0.4, -0.2) is 15.6 Å². The number of hydrogen-bond acceptors (Lipinski definition) is 4. The van der Waals surface area contributed by atoms with Crippen molar-refractivity contribution in [2.75, 3.05) is 4.41 Å². The summed E-state index contributed by atoms with van der Waals surface area (Å²) in [6.07, 6.45) is -1.19. The Kier molecular flexibility index (Phi) is 3.32. The molecule has 1 aromatic carbocycles. The van der Waals surface area contributed by atoms with E-state index in [4.69, 9.17) is 5.11 Å². The first kappa shape index (κ1) is 10.1. The molecular weight excluding hydrogens is 208 g/mol. The van der Waals surface area contributed by atoms with Crippen molar-refractivity contribution < 1.29 is 9.90 Å². The number of nitrogens with zero attached hydrogens (tertiary/aromatic N) is 2. The first-order chi connectivity index (χ1) is 6.13. The van der Waals surface area contributed by atoms with Gasteiger partial charge >= 0.3 is 6.09 Å². The summed E-state index contributed by atoms with van der Waals surface area (Å²) >= 11 is 7.67. The maximum absolute atomic E-state index is 10.5. The van der Waals surface area contributed by atoms with E-state index >= 15 is 0 Å². The highest BCUT2D eigenvalue weighted by Crippen LogP contribution is 2.18. The first-order valence-corrected chi connectivity index (χ1v) is 4.19. The van der Waals surface area contributed by atoms with Gasteiger partial charge in [-0.1, -0.05) is 18.2 Å². The molecule has 0 bridgehead atoms. The van der Waals surface area contributed by atoms with Crippen LogP contribution in [0.4, 0.5) is 10.5 Å². The fourth-order valence-electron chi connectivity index (χ4n) is 0.752. The molecule has 1 aromatic rings. The molecule has 0 aromatic heterocycles. The van der Waals surface area contributed by atoms with Crippen molar-refractivity contribution in [2.24, 2.45) is 0 Å². The van der Waals surface area contributed by atoms with Gasteiger partial charge in [0.05, 0.1) is 5.69 Å². The zero-order chi connectivity index (χ0) is 9.84. The molecule has 0 atom stereocenters. The second kappa shape index (κ2) is 4.29. The summed E-state index contributed by atoms with van der Waals surface area (Å²) < 4.78 is 1.80. The molecule has 1 rings (SSSR count). The minimum atomic E-state index is -1.19. The SMILES string of the molecule is O=C(O)N(S)N(S)c1ccccc1. The number of amides is 1. The third kappa shape index (κ3) is 2.46. The number of carbonyl (C=O) groups is 1. The molecule has 13 heavy (non-hydrogen) atoms. The molecule has 0 aliphatic carbocycles. The van der Waals surface area contributed by atoms with Crippen LogP contribution in [0, 0.1) is 0 Å². The standard InChI is InChI=1S/C7H8N2O2S2/c10-7(11)9(13)8(12)6-4-2-1-3-5-6/h1-5,12-13H,(H,10,11). The molecule has 0 spiro atoms. The lowest BCUT2D eigenvalue weighted by atomic mass is 10.3. The van der Waals surface area contributed by atoms with Gasteiger partial charge in [-0.15, -0.1) is 0 Å². The van der Waals surface area contributed by atoms with Crippen molar-refractivity contribution in [3.05, 3.63) is 30.3 Å². The summed E-state index contributed by atoms with van der Waals surface area (Å²) in [5.74, 6) is 0. The van der Waals surface area contributed by atoms with Gasteiger partial charge in [0.2, 0.25) is 0 Å². The molecule has 0 radical (unpaired) electrons. The Balaban J connectivity index is 2.79. The first-order valence-electron chi connectivity index (χ1n) is 3.39. The van der Waals surface area contributed by atoms with Gasteiger partial charge in [-0.3, -0.25) is 0 Å². The molecule has 70 valence electrons. The molecule has 0 saturated carbocycles. The lowest BCUT2D eigenvalue weighted by Crippen LogP contribution is -2.32. The van der Waals surface area contributed by atoms with Crippen molar-refractivity contribution >= 4 is 37.4 Å². The number of thiol groups is 2. The Labute approximate surface area is 86.8 Å². The molecule has 0 aliphatic rings. The predicted octanol–water partition coefficient (Wildman–Crippen LogP) is 2.08. The fourth-order valence-corrected chi connectivity index (χ4v) is 1.06. The van der Waals surface area contributed by atoms with Gasteiger partial charge in [0, 0.05) is 0 Å². The minimum absolute atomic E-state index is 0.628. The van der Waals surface area contributed by atoms with Crippen molar-refractivity contribution in [3.63, 3.8) is 0 Å². The Bertz CT molecular complexity index is 294. The van der Waals surface area contributed by atoms with E-state index in [-0.39, 0.29) is 0 Å². The lowest BCUT2D eigenvalue weighted by molar-refractivity contribution is 0.178. The number of benzene rings is 1. The average molecular weight is 216 g/mol. The van der Waals surface area contributed by atoms with Crippen LogP contribution in [0.3, 0.4) is 0 Å². The molecule has 1 amide bonds. The molecular formula is C7H8N2O2S2. The molecule has 6 heteroatoms. The van der Waals surface area contributed by atoms with E-state index < -0.39 is 6.09 Å². The molecule has 1 N–H and O–H groups in total. The topological polar surface area (TPSA) is 43.8 Å². The van der Waals surface area contributed by atoms with E-state index in [1.54, 1.807) is 24.3 Å². The summed E-state index contributed by atoms with van der Waals surface area (Å²) in [7, 11) is 0. The van der Waals surface area contributed by atoms with Gasteiger partial charge in [-0.2, -0.15) is 4.41 Å². The quantitative estimate of drug-likeness (QED) is 0.524. The maximum atomic E-state index is 10.5. The summed E-state index contributed by atoms with van der Waals surface area (Å²) in [6, 6.07) is 8.83. The summed E-state index contributed by atoms with van der Waals surface area (Å²) in [6.45, 7) is 0. The number of anilines is 1. The Morgan fingerprint density at radius 3 is 2.23 bits per heavy atom. The molecule has 0 saturated heterocycles. The maximum Gasteiger partial charge on any atom is 0.437 e. The summed E-state index contributed by atoms with van der Waals surface area (Å²) in [5, 5.41) is 8.57. The second-order valence-electron chi connectivity index (χ2n) is 2.20. The van der Waals surface area contributed by atoms with E-state index in [1.807, 2.05) is 6.07 Å². The van der Waals surface area contributed by atoms with Crippen LogP contribution in [0.1, 0.15) is 0 Å². The molecule has 4 nitrogen and oxygen atoms in total. The van der Waals surface area contributed by atoms with Crippen LogP contribution >= 0.6 is 25.6 Å². The Morgan fingerprint density at radius 2 is 1.77 bits per heavy atom. The average Bonchev–Trinajstić information content (AvgIpc) is 2.17. The predicted molar refractivity (Wildman–Crippen MR) is 56.8 cm³/mol. The van der Waals surface area contributed by atoms with Crippen molar-refractivity contribution in [1.82, 2.24) is 4.41 Å². The van der Waals surface area contributed by atoms with Crippen molar-refractivity contribution in [1.29, 1.82) is 0 Å². The van der Waals surface area contributed by atoms with E-state index in [9.17, 15) is 4.79 Å². The van der Waals surface area contributed by atoms with E-state index in [0.717, 1.165) is 4.41 Å². The van der Waals surface area contributed by atoms with Crippen LogP contribution in [0.25, 0.3) is 0 Å². The highest BCUT2D eigenvalue weighted by atomic mass is 32.1. The smallest absolute Gasteiger partial charge is 0.437 e. The summed E-state index contributed by atoms with van der Waals surface area (Å²) in [5.41, 5.74) is 0.628. The number of hydrogen-bond donors (Lipinski definition) is 3. The van der Waals surface area contributed by atoms with Crippen LogP contribution in [-0.2, 0) is 0 Å². The molecule has 0 unspecified atom stereocenters. The van der Waals surface area contributed by atoms with Gasteiger partial charge in [0.25, 0.3) is 0 Å². The third-order valence-corrected chi connectivity index (χ3v) is 2.24. The van der Waals surface area contributed by atoms with Gasteiger partial charge in [-0.05, 0) is 37.8 Å². The number of carboxylic acid groups (broad SMARTS) is 1. The Morgan fingerprint density at radius 1 is 1.23 bits per heavy atom. The highest BCUT2D eigenvalue weighted by molar-refractivity contribution is 7.84. The fraction of sp³-hybridized carbons (Fsp3) is 0. The molecule has 0 aliphatic heterocycles. The van der Waals surface area contributed by atoms with E-state index in [0.29, 0.717) is 10.1 Å². The Hall–Kier alpha value is -1.01. The van der Waals surface area contributed by atoms with Crippen LogP contribution in [0.2, 0.25) is 0 Å². The number of hydrazine groups is 1. The zero-order valence-corrected chi connectivity index (χ0v) is 8.32. The van der Waals surface area contributed by atoms with Gasteiger partial charge < -0.3 is 5.11 Å². The number of para-hydroxylation sites is 1. The highest BCUT2D eigenvalue weighted by Gasteiger charge is 2.13. The van der Waals surface area contributed by atoms with Crippen LogP contribution in [0.5, 0.6) is 0 Å². The monoisotopic (exact) mass is 216 g/mol. The van der Waals surface area contributed by atoms with Crippen LogP contribution in [0.15, 0.2) is 30.3 Å². The van der Waals surface area contributed by atoms with Gasteiger partial charge in [-0.25, -0.2) is 9.21 Å². The van der Waals surface area contributed by atoms with E-state index in [2.05, 4.69) is 25.6 Å². The minimum Gasteiger partial charge on any atom is -0.463 e. The van der Waals surface area contributed by atoms with Crippen molar-refractivity contribution in [3.8, 4) is 0 Å². The largest absolute Gasteiger partial charge is 0.463 e. The second-order valence-corrected chi connectivity index (χ2v) is 2.95. The van der Waals surface area contributed by atoms with Crippen molar-refractivity contribution in [2.45, 2.75) is 0 Å². The van der Waals surface area contributed by atoms with Gasteiger partial charge in [0.15, 0.2) is 0 Å². The van der Waals surface area contributed by atoms with E-state index in [1.165, 1.54) is 0 Å². The number of rotatable bonds is 2. The lowest BCUT2D eigenvalue weighted by Gasteiger charge is -2.23. The summed E-state index contributed by atoms with van der Waals surface area (Å²) in [4.78, 5) is 10.5. The normalized spacial score (nSPS) is 9.38. The third-order valence-electron chi connectivity index (χ3n) is 1.34. The zero-order valence-electron chi connectivity index (χ0n) is 6.53. The molecule has 0 fully saturated rings. The van der Waals surface area contributed by atoms with Gasteiger partial charge in [0.1, 0.15) is 0 Å². The molecule has 0 heterocycles. The van der Waals surface area contributed by atoms with Crippen LogP contribution < -0.4 is 4.41 Å².